The van der Waals surface area contributed by atoms with Gasteiger partial charge in [-0.05, 0) is 44.0 Å². The molecule has 1 aliphatic rings. The van der Waals surface area contributed by atoms with Crippen molar-refractivity contribution in [1.29, 1.82) is 0 Å². The van der Waals surface area contributed by atoms with Gasteiger partial charge in [0.05, 0.1) is 5.56 Å². The van der Waals surface area contributed by atoms with E-state index in [2.05, 4.69) is 4.72 Å². The van der Waals surface area contributed by atoms with Gasteiger partial charge < -0.3 is 5.11 Å². The normalized spacial score (nSPS) is 16.1. The monoisotopic (exact) mass is 298 g/mol. The van der Waals surface area contributed by atoms with E-state index < -0.39 is 21.7 Å². The average molecular weight is 298 g/mol. The number of aromatic carboxylic acids is 1. The average Bonchev–Trinajstić information content (AvgIpc) is 2.68. The van der Waals surface area contributed by atoms with Crippen molar-refractivity contribution in [2.24, 2.45) is 0 Å². The van der Waals surface area contributed by atoms with Gasteiger partial charge in [-0.2, -0.15) is 17.4 Å². The van der Waals surface area contributed by atoms with Crippen molar-refractivity contribution < 1.29 is 18.3 Å². The lowest BCUT2D eigenvalue weighted by Crippen LogP contribution is -2.47. The second-order valence-corrected chi connectivity index (χ2v) is 7.58. The van der Waals surface area contributed by atoms with Crippen molar-refractivity contribution in [3.63, 3.8) is 0 Å². The molecule has 0 bridgehead atoms. The molecule has 6 nitrogen and oxygen atoms in total. The highest BCUT2D eigenvalue weighted by Crippen LogP contribution is 2.26. The smallest absolute Gasteiger partial charge is 0.335 e. The van der Waals surface area contributed by atoms with Gasteiger partial charge in [0.2, 0.25) is 0 Å². The van der Waals surface area contributed by atoms with Crippen LogP contribution in [0.3, 0.4) is 0 Å². The molecule has 2 rings (SSSR count). The molecule has 0 spiro atoms. The topological polar surface area (TPSA) is 86.7 Å². The van der Waals surface area contributed by atoms with E-state index in [1.54, 1.807) is 26.8 Å². The van der Waals surface area contributed by atoms with Crippen molar-refractivity contribution in [3.8, 4) is 0 Å². The van der Waals surface area contributed by atoms with Crippen LogP contribution in [0.1, 0.15) is 42.3 Å². The summed E-state index contributed by atoms with van der Waals surface area (Å²) in [5.74, 6) is -1.01. The molecule has 0 radical (unpaired) electrons. The quantitative estimate of drug-likeness (QED) is 0.881. The summed E-state index contributed by atoms with van der Waals surface area (Å²) in [6.45, 7) is 5.78. The Balaban J connectivity index is 2.23. The molecule has 7 heteroatoms. The van der Waals surface area contributed by atoms with Gasteiger partial charge in [0.25, 0.3) is 10.2 Å². The predicted octanol–water partition coefficient (Wildman–Crippen LogP) is 1.33. The number of carbonyl (C=O) groups is 1. The van der Waals surface area contributed by atoms with Crippen molar-refractivity contribution in [1.82, 2.24) is 9.03 Å². The standard InChI is InChI=1S/C13H18N2O4S/c1-13(2,3)14-20(18,19)15-7-10-5-4-9(12(16)17)6-11(10)8-15/h4-6,14H,7-8H2,1-3H3,(H,16,17). The summed E-state index contributed by atoms with van der Waals surface area (Å²) in [4.78, 5) is 10.9. The Labute approximate surface area is 118 Å². The van der Waals surface area contributed by atoms with Crippen LogP contribution in [-0.2, 0) is 23.3 Å². The van der Waals surface area contributed by atoms with Gasteiger partial charge in [0, 0.05) is 18.6 Å². The maximum Gasteiger partial charge on any atom is 0.335 e. The van der Waals surface area contributed by atoms with Crippen molar-refractivity contribution >= 4 is 16.2 Å². The highest BCUT2D eigenvalue weighted by atomic mass is 32.2. The summed E-state index contributed by atoms with van der Waals surface area (Å²) in [6, 6.07) is 4.70. The lowest BCUT2D eigenvalue weighted by molar-refractivity contribution is 0.0696. The zero-order valence-corrected chi connectivity index (χ0v) is 12.5. The molecule has 110 valence electrons. The molecule has 2 N–H and O–H groups in total. The Hall–Kier alpha value is -1.44. The van der Waals surface area contributed by atoms with Crippen LogP contribution in [-0.4, -0.2) is 29.3 Å². The first kappa shape index (κ1) is 15.0. The SMILES string of the molecule is CC(C)(C)NS(=O)(=O)N1Cc2ccc(C(=O)O)cc2C1. The number of hydrogen-bond donors (Lipinski definition) is 2. The van der Waals surface area contributed by atoms with E-state index >= 15 is 0 Å². The Morgan fingerprint density at radius 2 is 1.85 bits per heavy atom. The van der Waals surface area contributed by atoms with E-state index in [1.165, 1.54) is 16.4 Å². The van der Waals surface area contributed by atoms with Crippen LogP contribution in [0.5, 0.6) is 0 Å². The lowest BCUT2D eigenvalue weighted by atomic mass is 10.1. The van der Waals surface area contributed by atoms with Gasteiger partial charge in [-0.1, -0.05) is 6.07 Å². The largest absolute Gasteiger partial charge is 0.478 e. The Morgan fingerprint density at radius 3 is 2.40 bits per heavy atom. The fourth-order valence-electron chi connectivity index (χ4n) is 2.12. The van der Waals surface area contributed by atoms with Crippen LogP contribution >= 0.6 is 0 Å². The zero-order valence-electron chi connectivity index (χ0n) is 11.7. The number of carboxylic acids is 1. The maximum absolute atomic E-state index is 12.2. The van der Waals surface area contributed by atoms with E-state index in [4.69, 9.17) is 5.11 Å². The number of nitrogens with zero attached hydrogens (tertiary/aromatic N) is 1. The minimum Gasteiger partial charge on any atom is -0.478 e. The third-order valence-corrected chi connectivity index (χ3v) is 4.73. The number of hydrogen-bond acceptors (Lipinski definition) is 3. The third kappa shape index (κ3) is 3.17. The van der Waals surface area contributed by atoms with Crippen LogP contribution < -0.4 is 4.72 Å². The summed E-state index contributed by atoms with van der Waals surface area (Å²) in [7, 11) is -3.58. The summed E-state index contributed by atoms with van der Waals surface area (Å²) >= 11 is 0. The molecule has 0 fully saturated rings. The molecule has 0 aromatic heterocycles. The molecular weight excluding hydrogens is 280 g/mol. The first-order valence-electron chi connectivity index (χ1n) is 6.23. The van der Waals surface area contributed by atoms with E-state index in [-0.39, 0.29) is 18.7 Å². The van der Waals surface area contributed by atoms with Crippen LogP contribution in [0.15, 0.2) is 18.2 Å². The van der Waals surface area contributed by atoms with E-state index in [9.17, 15) is 13.2 Å². The molecule has 0 atom stereocenters. The number of carboxylic acid groups (broad SMARTS) is 1. The fourth-order valence-corrected chi connectivity index (χ4v) is 3.64. The summed E-state index contributed by atoms with van der Waals surface area (Å²) in [5.41, 5.74) is 1.20. The van der Waals surface area contributed by atoms with E-state index in [1.807, 2.05) is 0 Å². The summed E-state index contributed by atoms with van der Waals surface area (Å²) < 4.78 is 28.4. The van der Waals surface area contributed by atoms with Gasteiger partial charge in [-0.25, -0.2) is 4.79 Å². The molecule has 0 amide bonds. The van der Waals surface area contributed by atoms with Crippen LogP contribution in [0, 0.1) is 0 Å². The molecule has 1 aromatic rings. The lowest BCUT2D eigenvalue weighted by Gasteiger charge is -2.24. The van der Waals surface area contributed by atoms with Crippen LogP contribution in [0.2, 0.25) is 0 Å². The molecule has 1 aromatic carbocycles. The number of rotatable bonds is 3. The van der Waals surface area contributed by atoms with Gasteiger partial charge in [0.15, 0.2) is 0 Å². The molecular formula is C13H18N2O4S. The van der Waals surface area contributed by atoms with Crippen LogP contribution in [0.4, 0.5) is 0 Å². The maximum atomic E-state index is 12.2. The molecule has 1 aliphatic heterocycles. The number of nitrogens with one attached hydrogen (secondary N) is 1. The third-order valence-electron chi connectivity index (χ3n) is 2.92. The molecule has 0 aliphatic carbocycles. The Bertz CT molecular complexity index is 647. The first-order valence-corrected chi connectivity index (χ1v) is 7.67. The van der Waals surface area contributed by atoms with Gasteiger partial charge in [-0.3, -0.25) is 0 Å². The van der Waals surface area contributed by atoms with E-state index in [0.717, 1.165) is 11.1 Å². The first-order chi connectivity index (χ1) is 9.08. The zero-order chi connectivity index (χ0) is 15.1. The van der Waals surface area contributed by atoms with E-state index in [0.29, 0.717) is 0 Å². The van der Waals surface area contributed by atoms with Crippen LogP contribution in [0.25, 0.3) is 0 Å². The molecule has 0 unspecified atom stereocenters. The van der Waals surface area contributed by atoms with Gasteiger partial charge >= 0.3 is 5.97 Å². The second kappa shape index (κ2) is 4.83. The fraction of sp³-hybridized carbons (Fsp3) is 0.462. The minimum atomic E-state index is -3.58. The summed E-state index contributed by atoms with van der Waals surface area (Å²) in [5, 5.41) is 8.95. The highest BCUT2D eigenvalue weighted by molar-refractivity contribution is 7.87. The molecule has 20 heavy (non-hydrogen) atoms. The van der Waals surface area contributed by atoms with Gasteiger partial charge in [0.1, 0.15) is 0 Å². The minimum absolute atomic E-state index is 0.173. The predicted molar refractivity (Wildman–Crippen MR) is 74.5 cm³/mol. The van der Waals surface area contributed by atoms with Crippen molar-refractivity contribution in [2.45, 2.75) is 39.4 Å². The Morgan fingerprint density at radius 1 is 1.25 bits per heavy atom. The highest BCUT2D eigenvalue weighted by Gasteiger charge is 2.32. The van der Waals surface area contributed by atoms with Crippen molar-refractivity contribution in [3.05, 3.63) is 34.9 Å². The number of benzene rings is 1. The number of fused-ring (bicyclic) bond motifs is 1. The van der Waals surface area contributed by atoms with Crippen molar-refractivity contribution in [2.75, 3.05) is 0 Å². The second-order valence-electron chi connectivity index (χ2n) is 5.91. The molecule has 1 heterocycles. The Kier molecular flexibility index (Phi) is 3.62. The molecule has 0 saturated carbocycles. The van der Waals surface area contributed by atoms with Gasteiger partial charge in [-0.15, -0.1) is 0 Å². The molecule has 0 saturated heterocycles. The summed E-state index contributed by atoms with van der Waals surface area (Å²) in [6.07, 6.45) is 0.